The first kappa shape index (κ1) is 36.6. The number of hydrogen-bond donors (Lipinski definition) is 0. The maximum atomic E-state index is 2.48. The third-order valence-electron chi connectivity index (χ3n) is 13.0. The van der Waals surface area contributed by atoms with Crippen LogP contribution in [0.2, 0.25) is 0 Å². The summed E-state index contributed by atoms with van der Waals surface area (Å²) in [5, 5.41) is 0. The third-order valence-corrected chi connectivity index (χ3v) is 13.0. The van der Waals surface area contributed by atoms with Gasteiger partial charge in [0.2, 0.25) is 0 Å². The molecule has 0 atom stereocenters. The molecule has 0 radical (unpaired) electrons. The lowest BCUT2D eigenvalue weighted by Gasteiger charge is -2.45. The Morgan fingerprint density at radius 1 is 0.270 bits per heavy atom. The van der Waals surface area contributed by atoms with Crippen LogP contribution in [0.1, 0.15) is 22.3 Å². The summed E-state index contributed by atoms with van der Waals surface area (Å²) in [6.07, 6.45) is 0. The maximum Gasteiger partial charge on any atom is 0.0755 e. The number of rotatable bonds is 7. The molecule has 0 aromatic heterocycles. The van der Waals surface area contributed by atoms with Gasteiger partial charge in [-0.15, -0.1) is 0 Å². The van der Waals surface area contributed by atoms with E-state index in [0.29, 0.717) is 0 Å². The molecule has 1 aliphatic carbocycles. The average Bonchev–Trinajstić information content (AvgIpc) is 3.65. The SMILES string of the molecule is c1ccc(-c2ccc(N(c3cccc(-c4cccc(-c5ccccc5)c4)c3)c3ccc4c(c3)C3(c5ccccc5-4)c4ccccc4N(c4ccccc4)c4ccccc43)cc2)cc1. The van der Waals surface area contributed by atoms with Crippen LogP contribution < -0.4 is 9.80 Å². The molecule has 10 aromatic carbocycles. The van der Waals surface area contributed by atoms with E-state index in [1.807, 2.05) is 0 Å². The van der Waals surface area contributed by atoms with Crippen molar-refractivity contribution in [1.29, 1.82) is 0 Å². The zero-order valence-electron chi connectivity index (χ0n) is 34.6. The molecule has 0 N–H and O–H groups in total. The van der Waals surface area contributed by atoms with Crippen LogP contribution in [0.3, 0.4) is 0 Å². The van der Waals surface area contributed by atoms with Gasteiger partial charge in [0, 0.05) is 22.7 Å². The smallest absolute Gasteiger partial charge is 0.0755 e. The van der Waals surface area contributed by atoms with Crippen LogP contribution in [0.25, 0.3) is 44.5 Å². The number of nitrogens with zero attached hydrogens (tertiary/aromatic N) is 2. The number of fused-ring (bicyclic) bond motifs is 9. The number of para-hydroxylation sites is 3. The molecule has 0 amide bonds. The summed E-state index contributed by atoms with van der Waals surface area (Å²) in [6, 6.07) is 93.3. The summed E-state index contributed by atoms with van der Waals surface area (Å²) < 4.78 is 0. The summed E-state index contributed by atoms with van der Waals surface area (Å²) in [4.78, 5) is 4.88. The molecule has 1 heterocycles. The molecule has 63 heavy (non-hydrogen) atoms. The van der Waals surface area contributed by atoms with Crippen LogP contribution in [-0.2, 0) is 5.41 Å². The van der Waals surface area contributed by atoms with Crippen molar-refractivity contribution in [3.05, 3.63) is 277 Å². The molecule has 2 nitrogen and oxygen atoms in total. The molecule has 296 valence electrons. The molecule has 12 rings (SSSR count). The minimum absolute atomic E-state index is 0.567. The van der Waals surface area contributed by atoms with Crippen molar-refractivity contribution in [3.8, 4) is 44.5 Å². The van der Waals surface area contributed by atoms with Gasteiger partial charge < -0.3 is 9.80 Å². The van der Waals surface area contributed by atoms with Gasteiger partial charge in [0.15, 0.2) is 0 Å². The second-order valence-electron chi connectivity index (χ2n) is 16.5. The topological polar surface area (TPSA) is 6.48 Å². The second-order valence-corrected chi connectivity index (χ2v) is 16.5. The van der Waals surface area contributed by atoms with E-state index < -0.39 is 5.41 Å². The first-order valence-corrected chi connectivity index (χ1v) is 21.8. The summed E-state index contributed by atoms with van der Waals surface area (Å²) in [5.41, 5.74) is 21.1. The average molecular weight is 803 g/mol. The van der Waals surface area contributed by atoms with Crippen molar-refractivity contribution in [2.24, 2.45) is 0 Å². The molecular formula is C61H42N2. The minimum Gasteiger partial charge on any atom is -0.310 e. The summed E-state index contributed by atoms with van der Waals surface area (Å²) >= 11 is 0. The monoisotopic (exact) mass is 802 g/mol. The highest BCUT2D eigenvalue weighted by Crippen LogP contribution is 2.64. The number of anilines is 6. The second kappa shape index (κ2) is 15.1. The first-order valence-electron chi connectivity index (χ1n) is 21.8. The summed E-state index contributed by atoms with van der Waals surface area (Å²) in [7, 11) is 0. The van der Waals surface area contributed by atoms with Gasteiger partial charge in [-0.25, -0.2) is 0 Å². The van der Waals surface area contributed by atoms with Crippen LogP contribution in [0.15, 0.2) is 255 Å². The van der Waals surface area contributed by atoms with Gasteiger partial charge in [0.05, 0.1) is 16.8 Å². The van der Waals surface area contributed by atoms with Crippen molar-refractivity contribution >= 4 is 34.1 Å². The van der Waals surface area contributed by atoms with E-state index in [2.05, 4.69) is 265 Å². The van der Waals surface area contributed by atoms with Crippen molar-refractivity contribution in [1.82, 2.24) is 0 Å². The van der Waals surface area contributed by atoms with Gasteiger partial charge in [-0.1, -0.05) is 188 Å². The molecule has 0 bridgehead atoms. The number of benzene rings is 10. The van der Waals surface area contributed by atoms with Gasteiger partial charge in [0.1, 0.15) is 0 Å². The van der Waals surface area contributed by atoms with Crippen LogP contribution in [-0.4, -0.2) is 0 Å². The largest absolute Gasteiger partial charge is 0.310 e. The van der Waals surface area contributed by atoms with Gasteiger partial charge in [0.25, 0.3) is 0 Å². The van der Waals surface area contributed by atoms with Crippen LogP contribution in [0, 0.1) is 0 Å². The van der Waals surface area contributed by atoms with Crippen molar-refractivity contribution in [3.63, 3.8) is 0 Å². The van der Waals surface area contributed by atoms with Crippen molar-refractivity contribution < 1.29 is 0 Å². The van der Waals surface area contributed by atoms with Gasteiger partial charge in [-0.3, -0.25) is 0 Å². The van der Waals surface area contributed by atoms with E-state index in [1.54, 1.807) is 0 Å². The molecule has 0 saturated heterocycles. The lowest BCUT2D eigenvalue weighted by molar-refractivity contribution is 0.752. The van der Waals surface area contributed by atoms with Crippen LogP contribution >= 0.6 is 0 Å². The molecule has 2 aliphatic rings. The normalized spacial score (nSPS) is 12.9. The highest BCUT2D eigenvalue weighted by molar-refractivity contribution is 5.97. The third kappa shape index (κ3) is 5.95. The van der Waals surface area contributed by atoms with E-state index in [4.69, 9.17) is 0 Å². The fourth-order valence-corrected chi connectivity index (χ4v) is 10.3. The zero-order chi connectivity index (χ0) is 41.7. The first-order chi connectivity index (χ1) is 31.3. The fraction of sp³-hybridized carbons (Fsp3) is 0.0164. The Morgan fingerprint density at radius 3 is 1.38 bits per heavy atom. The van der Waals surface area contributed by atoms with E-state index in [1.165, 1.54) is 72.6 Å². The number of hydrogen-bond acceptors (Lipinski definition) is 2. The van der Waals surface area contributed by atoms with Gasteiger partial charge >= 0.3 is 0 Å². The Kier molecular flexibility index (Phi) is 8.76. The minimum atomic E-state index is -0.567. The van der Waals surface area contributed by atoms with Crippen molar-refractivity contribution in [2.45, 2.75) is 5.41 Å². The fourth-order valence-electron chi connectivity index (χ4n) is 10.3. The van der Waals surface area contributed by atoms with E-state index in [-0.39, 0.29) is 0 Å². The molecule has 0 fully saturated rings. The molecule has 10 aromatic rings. The molecular weight excluding hydrogens is 761 g/mol. The van der Waals surface area contributed by atoms with Gasteiger partial charge in [-0.05, 0) is 133 Å². The molecule has 2 heteroatoms. The Hall–Kier alpha value is -8.20. The Balaban J connectivity index is 1.07. The molecule has 1 spiro atoms. The summed E-state index contributed by atoms with van der Waals surface area (Å²) in [6.45, 7) is 0. The quantitative estimate of drug-likeness (QED) is 0.158. The van der Waals surface area contributed by atoms with E-state index in [9.17, 15) is 0 Å². The lowest BCUT2D eigenvalue weighted by atomic mass is 9.64. The standard InChI is InChI=1S/C61H42N2/c1-4-18-43(19-5-1)45-34-36-50(37-35-45)62(51-27-17-24-48(41-51)47-23-16-22-46(40-47)44-20-6-2-7-21-44)52-38-39-54-53-28-10-11-29-55(53)61(58(54)42-52)56-30-12-14-32-59(56)63(49-25-8-3-9-26-49)60-33-15-13-31-57(60)61/h1-42H. The molecule has 0 saturated carbocycles. The molecule has 0 unspecified atom stereocenters. The van der Waals surface area contributed by atoms with Crippen LogP contribution in [0.5, 0.6) is 0 Å². The van der Waals surface area contributed by atoms with E-state index >= 15 is 0 Å². The summed E-state index contributed by atoms with van der Waals surface area (Å²) in [5.74, 6) is 0. The maximum absolute atomic E-state index is 2.48. The van der Waals surface area contributed by atoms with Crippen molar-refractivity contribution in [2.75, 3.05) is 9.80 Å². The highest BCUT2D eigenvalue weighted by atomic mass is 15.2. The van der Waals surface area contributed by atoms with Gasteiger partial charge in [-0.2, -0.15) is 0 Å². The zero-order valence-corrected chi connectivity index (χ0v) is 34.6. The predicted molar refractivity (Wildman–Crippen MR) is 263 cm³/mol. The highest BCUT2D eigenvalue weighted by Gasteiger charge is 2.51. The molecule has 1 aliphatic heterocycles. The predicted octanol–water partition coefficient (Wildman–Crippen LogP) is 16.3. The van der Waals surface area contributed by atoms with Crippen LogP contribution in [0.4, 0.5) is 34.1 Å². The Labute approximate surface area is 369 Å². The van der Waals surface area contributed by atoms with E-state index in [0.717, 1.165) is 28.3 Å². The Morgan fingerprint density at radius 2 is 0.714 bits per heavy atom. The lowest BCUT2D eigenvalue weighted by Crippen LogP contribution is -2.36. The Bertz CT molecular complexity index is 3230.